The number of anilines is 2. The Balaban J connectivity index is 1.72. The number of benzene rings is 2. The molecular formula is C20H21ClN4OS. The summed E-state index contributed by atoms with van der Waals surface area (Å²) in [6.45, 7) is 0.546. The number of primary amides is 1. The first-order chi connectivity index (χ1) is 13.1. The van der Waals surface area contributed by atoms with E-state index in [1.807, 2.05) is 48.2 Å². The highest BCUT2D eigenvalue weighted by molar-refractivity contribution is 7.99. The van der Waals surface area contributed by atoms with Crippen molar-refractivity contribution in [3.05, 3.63) is 58.6 Å². The molecule has 140 valence electrons. The zero-order chi connectivity index (χ0) is 18.9. The van der Waals surface area contributed by atoms with E-state index in [9.17, 15) is 4.79 Å². The number of hydrogen-bond donors (Lipinski definition) is 3. The molecule has 1 fully saturated rings. The number of amides is 1. The van der Waals surface area contributed by atoms with Crippen LogP contribution in [0.3, 0.4) is 0 Å². The first-order valence-electron chi connectivity index (χ1n) is 8.93. The van der Waals surface area contributed by atoms with Crippen molar-refractivity contribution in [3.8, 4) is 0 Å². The number of halogens is 1. The fraction of sp³-hybridized carbons (Fsp3) is 0.300. The van der Waals surface area contributed by atoms with Crippen LogP contribution in [0.25, 0.3) is 0 Å². The second-order valence-corrected chi connectivity index (χ2v) is 8.49. The molecule has 27 heavy (non-hydrogen) atoms. The van der Waals surface area contributed by atoms with Crippen molar-refractivity contribution in [1.29, 1.82) is 0 Å². The van der Waals surface area contributed by atoms with Crippen molar-refractivity contribution in [2.75, 3.05) is 22.1 Å². The smallest absolute Gasteiger partial charge is 0.250 e. The largest absolute Gasteiger partial charge is 0.370 e. The molecule has 7 heteroatoms. The Morgan fingerprint density at radius 3 is 2.74 bits per heavy atom. The summed E-state index contributed by atoms with van der Waals surface area (Å²) in [5, 5.41) is 7.81. The maximum absolute atomic E-state index is 11.9. The summed E-state index contributed by atoms with van der Waals surface area (Å²) in [6, 6.07) is 13.3. The third-order valence-corrected chi connectivity index (χ3v) is 6.28. The summed E-state index contributed by atoms with van der Waals surface area (Å²) >= 11 is 8.04. The van der Waals surface area contributed by atoms with Gasteiger partial charge in [-0.15, -0.1) is 0 Å². The van der Waals surface area contributed by atoms with Crippen LogP contribution in [0, 0.1) is 0 Å². The van der Waals surface area contributed by atoms with Crippen LogP contribution >= 0.6 is 23.4 Å². The number of carbonyl (C=O) groups excluding carboxylic acids is 1. The number of amidine groups is 1. The SMILES string of the molecule is NC(=O)c1cccc2c1NC1(CCSCC1)C(=NCc1cccc(Cl)c1)N2. The normalized spacial score (nSPS) is 19.2. The van der Waals surface area contributed by atoms with Crippen molar-refractivity contribution >= 4 is 46.5 Å². The van der Waals surface area contributed by atoms with E-state index in [1.165, 1.54) is 0 Å². The van der Waals surface area contributed by atoms with Gasteiger partial charge in [0.2, 0.25) is 0 Å². The van der Waals surface area contributed by atoms with E-state index in [1.54, 1.807) is 6.07 Å². The van der Waals surface area contributed by atoms with Crippen LogP contribution in [0.15, 0.2) is 47.5 Å². The van der Waals surface area contributed by atoms with Crippen molar-refractivity contribution in [3.63, 3.8) is 0 Å². The van der Waals surface area contributed by atoms with Crippen LogP contribution in [0.4, 0.5) is 11.4 Å². The number of rotatable bonds is 3. The van der Waals surface area contributed by atoms with Gasteiger partial charge in [-0.3, -0.25) is 9.79 Å². The topological polar surface area (TPSA) is 79.5 Å². The minimum Gasteiger partial charge on any atom is -0.370 e. The van der Waals surface area contributed by atoms with E-state index in [0.717, 1.165) is 47.1 Å². The highest BCUT2D eigenvalue weighted by atomic mass is 35.5. The van der Waals surface area contributed by atoms with Gasteiger partial charge in [0, 0.05) is 5.02 Å². The molecular weight excluding hydrogens is 380 g/mol. The lowest BCUT2D eigenvalue weighted by Gasteiger charge is -2.44. The lowest BCUT2D eigenvalue weighted by Crippen LogP contribution is -2.55. The summed E-state index contributed by atoms with van der Waals surface area (Å²) in [6.07, 6.45) is 1.87. The summed E-state index contributed by atoms with van der Waals surface area (Å²) in [5.74, 6) is 2.57. The molecule has 2 aromatic carbocycles. The van der Waals surface area contributed by atoms with Gasteiger partial charge in [0.15, 0.2) is 0 Å². The fourth-order valence-corrected chi connectivity index (χ4v) is 5.02. The molecule has 2 aliphatic heterocycles. The second kappa shape index (κ2) is 7.44. The van der Waals surface area contributed by atoms with E-state index in [0.29, 0.717) is 17.1 Å². The van der Waals surface area contributed by atoms with E-state index >= 15 is 0 Å². The zero-order valence-electron chi connectivity index (χ0n) is 14.8. The fourth-order valence-electron chi connectivity index (χ4n) is 3.62. The van der Waals surface area contributed by atoms with Crippen LogP contribution in [-0.4, -0.2) is 28.8 Å². The van der Waals surface area contributed by atoms with Gasteiger partial charge >= 0.3 is 0 Å². The van der Waals surface area contributed by atoms with E-state index < -0.39 is 5.91 Å². The van der Waals surface area contributed by atoms with Gasteiger partial charge in [0.1, 0.15) is 5.84 Å². The first-order valence-corrected chi connectivity index (χ1v) is 10.5. The number of carbonyl (C=O) groups is 1. The molecule has 0 aliphatic carbocycles. The third kappa shape index (κ3) is 3.64. The van der Waals surface area contributed by atoms with Gasteiger partial charge in [0.25, 0.3) is 5.91 Å². The van der Waals surface area contributed by atoms with E-state index in [4.69, 9.17) is 22.3 Å². The third-order valence-electron chi connectivity index (χ3n) is 5.06. The number of nitrogens with two attached hydrogens (primary N) is 1. The molecule has 2 heterocycles. The van der Waals surface area contributed by atoms with Crippen LogP contribution in [0.1, 0.15) is 28.8 Å². The van der Waals surface area contributed by atoms with Gasteiger partial charge in [-0.25, -0.2) is 0 Å². The number of thioether (sulfide) groups is 1. The molecule has 4 rings (SSSR count). The molecule has 2 aliphatic rings. The maximum Gasteiger partial charge on any atom is 0.250 e. The van der Waals surface area contributed by atoms with Crippen LogP contribution < -0.4 is 16.4 Å². The van der Waals surface area contributed by atoms with Gasteiger partial charge < -0.3 is 16.4 Å². The molecule has 0 saturated carbocycles. The number of aliphatic imine (C=N–C) groups is 1. The standard InChI is InChI=1S/C20H21ClN4OS/c21-14-4-1-3-13(11-14)12-23-19-20(7-9-27-10-8-20)25-17-15(18(22)26)5-2-6-16(17)24-19/h1-6,11,25H,7-10,12H2,(H2,22,26)(H,23,24). The van der Waals surface area contributed by atoms with Crippen molar-refractivity contribution in [2.45, 2.75) is 24.9 Å². The Kier molecular flexibility index (Phi) is 5.02. The lowest BCUT2D eigenvalue weighted by atomic mass is 9.87. The minimum atomic E-state index is -0.430. The highest BCUT2D eigenvalue weighted by Crippen LogP contribution is 2.40. The monoisotopic (exact) mass is 400 g/mol. The zero-order valence-corrected chi connectivity index (χ0v) is 16.4. The van der Waals surface area contributed by atoms with Gasteiger partial charge in [0.05, 0.1) is 29.0 Å². The quantitative estimate of drug-likeness (QED) is 0.723. The van der Waals surface area contributed by atoms with Crippen molar-refractivity contribution in [2.24, 2.45) is 10.7 Å². The van der Waals surface area contributed by atoms with Crippen molar-refractivity contribution < 1.29 is 4.79 Å². The summed E-state index contributed by atoms with van der Waals surface area (Å²) in [7, 11) is 0. The highest BCUT2D eigenvalue weighted by Gasteiger charge is 2.42. The number of para-hydroxylation sites is 1. The Morgan fingerprint density at radius 2 is 2.00 bits per heavy atom. The second-order valence-electron chi connectivity index (χ2n) is 6.83. The molecule has 0 atom stereocenters. The molecule has 1 spiro atoms. The molecule has 5 nitrogen and oxygen atoms in total. The van der Waals surface area contributed by atoms with Crippen LogP contribution in [0.5, 0.6) is 0 Å². The Hall–Kier alpha value is -2.18. The molecule has 1 amide bonds. The minimum absolute atomic E-state index is 0.303. The van der Waals surface area contributed by atoms with Gasteiger partial charge in [-0.1, -0.05) is 29.8 Å². The molecule has 1 saturated heterocycles. The molecule has 0 radical (unpaired) electrons. The molecule has 0 aromatic heterocycles. The molecule has 2 aromatic rings. The van der Waals surface area contributed by atoms with Crippen LogP contribution in [-0.2, 0) is 6.54 Å². The predicted molar refractivity (Wildman–Crippen MR) is 114 cm³/mol. The van der Waals surface area contributed by atoms with Crippen LogP contribution in [0.2, 0.25) is 5.02 Å². The summed E-state index contributed by atoms with van der Waals surface area (Å²) in [4.78, 5) is 16.8. The van der Waals surface area contributed by atoms with E-state index in [-0.39, 0.29) is 5.54 Å². The number of nitrogens with one attached hydrogen (secondary N) is 2. The predicted octanol–water partition coefficient (Wildman–Crippen LogP) is 4.14. The Bertz CT molecular complexity index is 909. The summed E-state index contributed by atoms with van der Waals surface area (Å²) in [5.41, 5.74) is 8.46. The molecule has 4 N–H and O–H groups in total. The average molecular weight is 401 g/mol. The van der Waals surface area contributed by atoms with Gasteiger partial charge in [-0.2, -0.15) is 11.8 Å². The summed E-state index contributed by atoms with van der Waals surface area (Å²) < 4.78 is 0. The van der Waals surface area contributed by atoms with Crippen molar-refractivity contribution in [1.82, 2.24) is 0 Å². The number of nitrogens with zero attached hydrogens (tertiary/aromatic N) is 1. The maximum atomic E-state index is 11.9. The molecule has 0 bridgehead atoms. The lowest BCUT2D eigenvalue weighted by molar-refractivity contribution is 0.100. The number of hydrogen-bond acceptors (Lipinski definition) is 4. The van der Waals surface area contributed by atoms with E-state index in [2.05, 4.69) is 10.6 Å². The first kappa shape index (κ1) is 18.2. The average Bonchev–Trinajstić information content (AvgIpc) is 2.66. The molecule has 0 unspecified atom stereocenters. The number of fused-ring (bicyclic) bond motifs is 1. The Labute approximate surface area is 167 Å². The Morgan fingerprint density at radius 1 is 1.22 bits per heavy atom. The van der Waals surface area contributed by atoms with Gasteiger partial charge in [-0.05, 0) is 54.2 Å².